The predicted octanol–water partition coefficient (Wildman–Crippen LogP) is 0.981. The Morgan fingerprint density at radius 2 is 2.09 bits per heavy atom. The zero-order valence-electron chi connectivity index (χ0n) is 13.6. The van der Waals surface area contributed by atoms with Crippen LogP contribution in [0.4, 0.5) is 0 Å². The van der Waals surface area contributed by atoms with Crippen LogP contribution < -0.4 is 10.6 Å². The maximum absolute atomic E-state index is 12.3. The molecule has 128 valence electrons. The molecule has 0 aromatic carbocycles. The molecular formula is C14H27Cl2N5O. The van der Waals surface area contributed by atoms with Crippen LogP contribution >= 0.6 is 24.8 Å². The number of halogens is 2. The molecule has 1 amide bonds. The number of carbonyl (C=O) groups is 1. The third-order valence-electron chi connectivity index (χ3n) is 3.92. The fraction of sp³-hybridized carbons (Fsp3) is 0.714. The maximum Gasteiger partial charge on any atom is 0.241 e. The van der Waals surface area contributed by atoms with Gasteiger partial charge in [0.05, 0.1) is 6.20 Å². The normalized spacial score (nSPS) is 16.4. The first-order chi connectivity index (χ1) is 9.52. The van der Waals surface area contributed by atoms with Crippen LogP contribution in [-0.2, 0) is 11.8 Å². The summed E-state index contributed by atoms with van der Waals surface area (Å²) in [5.74, 6) is 0.740. The van der Waals surface area contributed by atoms with Crippen LogP contribution in [0.5, 0.6) is 0 Å². The van der Waals surface area contributed by atoms with Crippen LogP contribution in [-0.4, -0.2) is 54.3 Å². The molecule has 0 spiro atoms. The molecule has 22 heavy (non-hydrogen) atoms. The largest absolute Gasteiger partial charge is 0.353 e. The van der Waals surface area contributed by atoms with Gasteiger partial charge in [-0.3, -0.25) is 9.48 Å². The molecule has 2 unspecified atom stereocenters. The number of likely N-dealkylation sites (N-methyl/N-ethyl adjacent to an activating group) is 2. The van der Waals surface area contributed by atoms with Gasteiger partial charge in [-0.2, -0.15) is 5.10 Å². The van der Waals surface area contributed by atoms with E-state index in [1.807, 2.05) is 13.2 Å². The summed E-state index contributed by atoms with van der Waals surface area (Å²) in [6.07, 6.45) is 6.14. The summed E-state index contributed by atoms with van der Waals surface area (Å²) in [7, 11) is 7.79. The Labute approximate surface area is 144 Å². The molecule has 2 atom stereocenters. The van der Waals surface area contributed by atoms with Crippen molar-refractivity contribution in [2.45, 2.75) is 24.9 Å². The number of carbonyl (C=O) groups excluding carboxylic acids is 1. The van der Waals surface area contributed by atoms with Crippen molar-refractivity contribution in [3.05, 3.63) is 18.0 Å². The predicted molar refractivity (Wildman–Crippen MR) is 92.7 cm³/mol. The van der Waals surface area contributed by atoms with Crippen molar-refractivity contribution in [1.29, 1.82) is 0 Å². The summed E-state index contributed by atoms with van der Waals surface area (Å²) < 4.78 is 1.71. The van der Waals surface area contributed by atoms with E-state index in [0.717, 1.165) is 11.5 Å². The fourth-order valence-electron chi connectivity index (χ4n) is 2.60. The van der Waals surface area contributed by atoms with E-state index < -0.39 is 0 Å². The van der Waals surface area contributed by atoms with Crippen LogP contribution in [0, 0.1) is 5.92 Å². The highest BCUT2D eigenvalue weighted by Crippen LogP contribution is 2.34. The Morgan fingerprint density at radius 3 is 2.50 bits per heavy atom. The third-order valence-corrected chi connectivity index (χ3v) is 3.92. The van der Waals surface area contributed by atoms with Crippen LogP contribution in [0.15, 0.2) is 12.4 Å². The van der Waals surface area contributed by atoms with Gasteiger partial charge in [-0.05, 0) is 39.9 Å². The topological polar surface area (TPSA) is 62.2 Å². The van der Waals surface area contributed by atoms with Gasteiger partial charge in [0.2, 0.25) is 5.91 Å². The third kappa shape index (κ3) is 5.43. The zero-order chi connectivity index (χ0) is 14.7. The second-order valence-corrected chi connectivity index (χ2v) is 5.78. The lowest BCUT2D eigenvalue weighted by molar-refractivity contribution is -0.123. The van der Waals surface area contributed by atoms with E-state index in [1.165, 1.54) is 12.8 Å². The second-order valence-electron chi connectivity index (χ2n) is 5.78. The summed E-state index contributed by atoms with van der Waals surface area (Å²) in [6, 6.07) is 0.0936. The van der Waals surface area contributed by atoms with E-state index in [9.17, 15) is 4.79 Å². The molecule has 1 saturated carbocycles. The maximum atomic E-state index is 12.3. The lowest BCUT2D eigenvalue weighted by Crippen LogP contribution is -2.44. The lowest BCUT2D eigenvalue weighted by atomic mass is 10.1. The van der Waals surface area contributed by atoms with Crippen LogP contribution in [0.25, 0.3) is 0 Å². The number of nitrogens with zero attached hydrogens (tertiary/aromatic N) is 3. The second kappa shape index (κ2) is 9.35. The Balaban J connectivity index is 0.00000220. The molecule has 2 rings (SSSR count). The van der Waals surface area contributed by atoms with Crippen molar-refractivity contribution in [2.75, 3.05) is 27.7 Å². The summed E-state index contributed by atoms with van der Waals surface area (Å²) in [5.41, 5.74) is 0.889. The Kier molecular flexibility index (Phi) is 9.00. The molecule has 0 saturated heterocycles. The Bertz CT molecular complexity index is 460. The first-order valence-electron chi connectivity index (χ1n) is 7.13. The molecule has 8 heteroatoms. The lowest BCUT2D eigenvalue weighted by Gasteiger charge is -2.25. The SMILES string of the molecule is CNC(C(=O)NCC(C1CC1)N(C)C)c1cnn(C)c1.Cl.Cl. The van der Waals surface area contributed by atoms with Gasteiger partial charge >= 0.3 is 0 Å². The number of aryl methyl sites for hydroxylation is 1. The molecule has 1 aliphatic rings. The summed E-state index contributed by atoms with van der Waals surface area (Å²) >= 11 is 0. The van der Waals surface area contributed by atoms with Crippen molar-refractivity contribution in [1.82, 2.24) is 25.3 Å². The van der Waals surface area contributed by atoms with E-state index in [1.54, 1.807) is 17.9 Å². The van der Waals surface area contributed by atoms with Gasteiger partial charge in [0.25, 0.3) is 0 Å². The minimum atomic E-state index is -0.342. The van der Waals surface area contributed by atoms with Crippen molar-refractivity contribution < 1.29 is 4.79 Å². The standard InChI is InChI=1S/C14H25N5O.2ClH/c1-15-13(11-7-17-19(4)9-11)14(20)16-8-12(18(2)3)10-5-6-10;;/h7,9-10,12-13,15H,5-6,8H2,1-4H3,(H,16,20);2*1H. The Morgan fingerprint density at radius 1 is 1.45 bits per heavy atom. The average molecular weight is 352 g/mol. The summed E-state index contributed by atoms with van der Waals surface area (Å²) in [6.45, 7) is 0.703. The number of hydrogen-bond acceptors (Lipinski definition) is 4. The molecule has 1 aromatic rings. The van der Waals surface area contributed by atoms with Crippen molar-refractivity contribution >= 4 is 30.7 Å². The van der Waals surface area contributed by atoms with Gasteiger partial charge in [0.1, 0.15) is 6.04 Å². The van der Waals surface area contributed by atoms with E-state index in [2.05, 4.69) is 34.7 Å². The molecule has 2 N–H and O–H groups in total. The van der Waals surface area contributed by atoms with Crippen molar-refractivity contribution in [3.8, 4) is 0 Å². The highest BCUT2D eigenvalue weighted by molar-refractivity contribution is 5.85. The monoisotopic (exact) mass is 351 g/mol. The van der Waals surface area contributed by atoms with Crippen LogP contribution in [0.3, 0.4) is 0 Å². The van der Waals surface area contributed by atoms with E-state index >= 15 is 0 Å². The van der Waals surface area contributed by atoms with Crippen molar-refractivity contribution in [3.63, 3.8) is 0 Å². The number of nitrogens with one attached hydrogen (secondary N) is 2. The zero-order valence-corrected chi connectivity index (χ0v) is 15.2. The molecule has 1 fully saturated rings. The molecular weight excluding hydrogens is 325 g/mol. The molecule has 1 aliphatic carbocycles. The number of rotatable bonds is 7. The molecule has 0 bridgehead atoms. The highest BCUT2D eigenvalue weighted by Gasteiger charge is 2.33. The van der Waals surface area contributed by atoms with E-state index in [4.69, 9.17) is 0 Å². The minimum absolute atomic E-state index is 0. The van der Waals surface area contributed by atoms with Gasteiger partial charge in [-0.15, -0.1) is 24.8 Å². The first-order valence-corrected chi connectivity index (χ1v) is 7.13. The summed E-state index contributed by atoms with van der Waals surface area (Å²) in [4.78, 5) is 14.5. The highest BCUT2D eigenvalue weighted by atomic mass is 35.5. The Hall–Kier alpha value is -0.820. The summed E-state index contributed by atoms with van der Waals surface area (Å²) in [5, 5.41) is 10.2. The first kappa shape index (κ1) is 21.2. The van der Waals surface area contributed by atoms with Gasteiger partial charge < -0.3 is 15.5 Å². The molecule has 0 aliphatic heterocycles. The number of aromatic nitrogens is 2. The quantitative estimate of drug-likeness (QED) is 0.768. The molecule has 1 heterocycles. The van der Waals surface area contributed by atoms with Crippen LogP contribution in [0.1, 0.15) is 24.4 Å². The van der Waals surface area contributed by atoms with Gasteiger partial charge in [-0.25, -0.2) is 0 Å². The minimum Gasteiger partial charge on any atom is -0.353 e. The van der Waals surface area contributed by atoms with Gasteiger partial charge in [0.15, 0.2) is 0 Å². The van der Waals surface area contributed by atoms with E-state index in [-0.39, 0.29) is 36.8 Å². The molecule has 0 radical (unpaired) electrons. The number of hydrogen-bond donors (Lipinski definition) is 2. The molecule has 6 nitrogen and oxygen atoms in total. The smallest absolute Gasteiger partial charge is 0.241 e. The van der Waals surface area contributed by atoms with Crippen molar-refractivity contribution in [2.24, 2.45) is 13.0 Å². The van der Waals surface area contributed by atoms with Gasteiger partial charge in [0, 0.05) is 31.4 Å². The van der Waals surface area contributed by atoms with Crippen LogP contribution in [0.2, 0.25) is 0 Å². The van der Waals surface area contributed by atoms with E-state index in [0.29, 0.717) is 12.6 Å². The average Bonchev–Trinajstić information content (AvgIpc) is 3.13. The fourth-order valence-corrected chi connectivity index (χ4v) is 2.60. The molecule has 1 aromatic heterocycles. The van der Waals surface area contributed by atoms with Gasteiger partial charge in [-0.1, -0.05) is 0 Å². The number of amides is 1.